The Kier molecular flexibility index (Phi) is 7.57. The highest BCUT2D eigenvalue weighted by molar-refractivity contribution is 6.39. The number of nitrogens with zero attached hydrogens (tertiary/aromatic N) is 5. The Morgan fingerprint density at radius 3 is 2.50 bits per heavy atom. The molecule has 0 bridgehead atoms. The van der Waals surface area contributed by atoms with E-state index in [4.69, 9.17) is 4.99 Å². The number of hydrogen-bond acceptors (Lipinski definition) is 6. The minimum atomic E-state index is -0.456. The molecule has 9 heteroatoms. The summed E-state index contributed by atoms with van der Waals surface area (Å²) in [6, 6.07) is 7.56. The van der Waals surface area contributed by atoms with Crippen LogP contribution in [0.4, 0.5) is 0 Å². The molecule has 1 aliphatic carbocycles. The zero-order valence-electron chi connectivity index (χ0n) is 22.2. The molecule has 0 saturated heterocycles. The monoisotopic (exact) mass is 493 g/mol. The van der Waals surface area contributed by atoms with E-state index >= 15 is 0 Å². The lowest BCUT2D eigenvalue weighted by Crippen LogP contribution is -2.51. The van der Waals surface area contributed by atoms with E-state index in [1.165, 1.54) is 0 Å². The van der Waals surface area contributed by atoms with E-state index in [-0.39, 0.29) is 29.8 Å². The van der Waals surface area contributed by atoms with Gasteiger partial charge in [0.25, 0.3) is 11.8 Å². The second-order valence-corrected chi connectivity index (χ2v) is 11.3. The normalized spacial score (nSPS) is 23.1. The van der Waals surface area contributed by atoms with Gasteiger partial charge in [0, 0.05) is 5.56 Å². The summed E-state index contributed by atoms with van der Waals surface area (Å²) in [4.78, 5) is 33.2. The second kappa shape index (κ2) is 10.5. The van der Waals surface area contributed by atoms with Crippen LogP contribution < -0.4 is 5.32 Å². The minimum Gasteiger partial charge on any atom is -0.345 e. The molecule has 1 aromatic carbocycles. The van der Waals surface area contributed by atoms with E-state index in [0.717, 1.165) is 50.5 Å². The Hall–Kier alpha value is -3.10. The van der Waals surface area contributed by atoms with Crippen molar-refractivity contribution in [3.63, 3.8) is 0 Å². The van der Waals surface area contributed by atoms with Gasteiger partial charge in [-0.25, -0.2) is 0 Å². The predicted octanol–water partition coefficient (Wildman–Crippen LogP) is 4.60. The third-order valence-electron chi connectivity index (χ3n) is 7.86. The van der Waals surface area contributed by atoms with Gasteiger partial charge in [-0.1, -0.05) is 57.9 Å². The number of amides is 2. The van der Waals surface area contributed by atoms with Gasteiger partial charge in [0.1, 0.15) is 5.66 Å². The van der Waals surface area contributed by atoms with E-state index in [0.29, 0.717) is 23.0 Å². The smallest absolute Gasteiger partial charge is 0.270 e. The van der Waals surface area contributed by atoms with Crippen LogP contribution in [0.15, 0.2) is 29.3 Å². The molecule has 0 radical (unpaired) electrons. The Morgan fingerprint density at radius 2 is 1.92 bits per heavy atom. The summed E-state index contributed by atoms with van der Waals surface area (Å²) < 4.78 is 0. The van der Waals surface area contributed by atoms with Crippen molar-refractivity contribution in [3.8, 4) is 0 Å². The molecule has 2 aliphatic rings. The van der Waals surface area contributed by atoms with Crippen molar-refractivity contribution in [2.45, 2.75) is 97.8 Å². The average molecular weight is 494 g/mol. The number of aromatic amines is 1. The van der Waals surface area contributed by atoms with Gasteiger partial charge in [-0.15, -0.1) is 10.2 Å². The fraction of sp³-hybridized carbons (Fsp3) is 0.630. The van der Waals surface area contributed by atoms with E-state index in [9.17, 15) is 9.59 Å². The number of aliphatic imine (C=N–C) groups is 1. The molecule has 0 unspecified atom stereocenters. The van der Waals surface area contributed by atoms with E-state index in [1.54, 1.807) is 0 Å². The van der Waals surface area contributed by atoms with Gasteiger partial charge in [0.15, 0.2) is 5.82 Å². The average Bonchev–Trinajstić information content (AvgIpc) is 3.45. The maximum atomic E-state index is 13.5. The zero-order chi connectivity index (χ0) is 25.9. The van der Waals surface area contributed by atoms with Crippen LogP contribution in [-0.4, -0.2) is 48.7 Å². The first-order valence-electron chi connectivity index (χ1n) is 13.2. The topological polar surface area (TPSA) is 116 Å². The lowest BCUT2D eigenvalue weighted by Gasteiger charge is -2.47. The molecule has 1 atom stereocenters. The van der Waals surface area contributed by atoms with Crippen LogP contribution in [0.2, 0.25) is 0 Å². The Balaban J connectivity index is 1.55. The first-order chi connectivity index (χ1) is 17.1. The van der Waals surface area contributed by atoms with Crippen LogP contribution in [0, 0.1) is 11.3 Å². The molecule has 194 valence electrons. The lowest BCUT2D eigenvalue weighted by atomic mass is 9.69. The molecule has 1 spiro atoms. The van der Waals surface area contributed by atoms with Gasteiger partial charge in [-0.05, 0) is 68.1 Å². The maximum absolute atomic E-state index is 13.5. The van der Waals surface area contributed by atoms with Gasteiger partial charge in [0.05, 0.1) is 18.3 Å². The molecule has 1 fully saturated rings. The molecular weight excluding hydrogens is 454 g/mol. The summed E-state index contributed by atoms with van der Waals surface area (Å²) in [5, 5.41) is 16.4. The predicted molar refractivity (Wildman–Crippen MR) is 138 cm³/mol. The maximum Gasteiger partial charge on any atom is 0.270 e. The molecule has 2 N–H and O–H groups in total. The van der Waals surface area contributed by atoms with Gasteiger partial charge in [-0.3, -0.25) is 14.6 Å². The van der Waals surface area contributed by atoms with Crippen LogP contribution in [0.3, 0.4) is 0 Å². The van der Waals surface area contributed by atoms with Gasteiger partial charge < -0.3 is 10.2 Å². The van der Waals surface area contributed by atoms with Gasteiger partial charge >= 0.3 is 0 Å². The molecule has 4 rings (SSSR count). The fourth-order valence-electron chi connectivity index (χ4n) is 5.73. The summed E-state index contributed by atoms with van der Waals surface area (Å²) in [5.41, 5.74) is 2.02. The SMILES string of the molecule is CCCC[C@H](c1ccc(C(=O)NCc2nn[nH]n2)cc1)N1C(=O)C(C)=NC12CCC(C(C)(C)C)CC2. The van der Waals surface area contributed by atoms with Crippen molar-refractivity contribution in [1.29, 1.82) is 0 Å². The first kappa shape index (κ1) is 26.0. The molecule has 1 aliphatic heterocycles. The summed E-state index contributed by atoms with van der Waals surface area (Å²) in [5.74, 6) is 0.904. The summed E-state index contributed by atoms with van der Waals surface area (Å²) in [7, 11) is 0. The van der Waals surface area contributed by atoms with E-state index in [2.05, 4.69) is 58.5 Å². The van der Waals surface area contributed by atoms with Crippen molar-refractivity contribution in [1.82, 2.24) is 30.8 Å². The van der Waals surface area contributed by atoms with E-state index in [1.807, 2.05) is 31.2 Å². The molecule has 2 heterocycles. The fourth-order valence-corrected chi connectivity index (χ4v) is 5.73. The largest absolute Gasteiger partial charge is 0.345 e. The number of tetrazole rings is 1. The van der Waals surface area contributed by atoms with Crippen LogP contribution >= 0.6 is 0 Å². The van der Waals surface area contributed by atoms with Crippen molar-refractivity contribution in [3.05, 3.63) is 41.2 Å². The van der Waals surface area contributed by atoms with Gasteiger partial charge in [0.2, 0.25) is 0 Å². The van der Waals surface area contributed by atoms with Crippen LogP contribution in [0.1, 0.15) is 107 Å². The first-order valence-corrected chi connectivity index (χ1v) is 13.2. The molecule has 36 heavy (non-hydrogen) atoms. The summed E-state index contributed by atoms with van der Waals surface area (Å²) in [6.45, 7) is 11.2. The van der Waals surface area contributed by atoms with E-state index < -0.39 is 5.66 Å². The van der Waals surface area contributed by atoms with Crippen molar-refractivity contribution >= 4 is 17.5 Å². The number of hydrogen-bond donors (Lipinski definition) is 2. The van der Waals surface area contributed by atoms with Crippen molar-refractivity contribution in [2.75, 3.05) is 0 Å². The second-order valence-electron chi connectivity index (χ2n) is 11.3. The van der Waals surface area contributed by atoms with Crippen molar-refractivity contribution in [2.24, 2.45) is 16.3 Å². The van der Waals surface area contributed by atoms with Crippen LogP contribution in [0.5, 0.6) is 0 Å². The minimum absolute atomic E-state index is 0.0484. The number of aromatic nitrogens is 4. The molecule has 2 aromatic rings. The molecule has 1 saturated carbocycles. The number of unbranched alkanes of at least 4 members (excludes halogenated alkanes) is 1. The third-order valence-corrected chi connectivity index (χ3v) is 7.86. The Labute approximate surface area is 213 Å². The zero-order valence-corrected chi connectivity index (χ0v) is 22.2. The third kappa shape index (κ3) is 5.34. The highest BCUT2D eigenvalue weighted by Crippen LogP contribution is 2.49. The number of carbonyl (C=O) groups is 2. The lowest BCUT2D eigenvalue weighted by molar-refractivity contribution is -0.133. The Morgan fingerprint density at radius 1 is 1.22 bits per heavy atom. The molecule has 9 nitrogen and oxygen atoms in total. The standard InChI is InChI=1S/C27H39N7O2/c1-6-7-8-22(19-9-11-20(12-10-19)24(35)28-17-23-30-32-33-31-23)34-25(36)18(2)29-27(34)15-13-21(14-16-27)26(3,4)5/h9-12,21-22H,6-8,13-17H2,1-5H3,(H,28,35)(H,30,31,32,33)/t21?,22-,27?/m1/s1. The number of benzene rings is 1. The molecule has 2 amide bonds. The molecule has 1 aromatic heterocycles. The highest BCUT2D eigenvalue weighted by Gasteiger charge is 2.51. The number of nitrogens with one attached hydrogen (secondary N) is 2. The summed E-state index contributed by atoms with van der Waals surface area (Å²) in [6.07, 6.45) is 6.89. The molecular formula is C27H39N7O2. The summed E-state index contributed by atoms with van der Waals surface area (Å²) >= 11 is 0. The Bertz CT molecular complexity index is 1080. The number of rotatable bonds is 8. The van der Waals surface area contributed by atoms with Crippen molar-refractivity contribution < 1.29 is 9.59 Å². The van der Waals surface area contributed by atoms with Crippen LogP contribution in [-0.2, 0) is 11.3 Å². The van der Waals surface area contributed by atoms with Crippen LogP contribution in [0.25, 0.3) is 0 Å². The van der Waals surface area contributed by atoms with Gasteiger partial charge in [-0.2, -0.15) is 5.21 Å². The number of carbonyl (C=O) groups excluding carboxylic acids is 2. The quantitative estimate of drug-likeness (QED) is 0.558. The number of H-pyrrole nitrogens is 1. The highest BCUT2D eigenvalue weighted by atomic mass is 16.2.